The first-order chi connectivity index (χ1) is 9.34. The number of rotatable bonds is 1. The van der Waals surface area contributed by atoms with Crippen LogP contribution in [0.2, 0.25) is 0 Å². The summed E-state index contributed by atoms with van der Waals surface area (Å²) in [5.74, 6) is 5.00. The van der Waals surface area contributed by atoms with Crippen LogP contribution in [0.4, 0.5) is 13.2 Å². The summed E-state index contributed by atoms with van der Waals surface area (Å²) >= 11 is 0. The fourth-order valence-corrected chi connectivity index (χ4v) is 1.51. The molecule has 5 heteroatoms. The van der Waals surface area contributed by atoms with Gasteiger partial charge >= 0.3 is 6.18 Å². The van der Waals surface area contributed by atoms with Gasteiger partial charge in [0.1, 0.15) is 11.1 Å². The van der Waals surface area contributed by atoms with Crippen LogP contribution in [0.1, 0.15) is 57.8 Å². The molecule has 2 nitrogen and oxygen atoms in total. The van der Waals surface area contributed by atoms with Crippen LogP contribution >= 0.6 is 0 Å². The molecule has 0 radical (unpaired) electrons. The predicted octanol–water partition coefficient (Wildman–Crippen LogP) is 4.32. The molecule has 0 bridgehead atoms. The average Bonchev–Trinajstić information content (AvgIpc) is 3.20. The van der Waals surface area contributed by atoms with E-state index in [2.05, 4.69) is 21.8 Å². The van der Waals surface area contributed by atoms with Gasteiger partial charge < -0.3 is 0 Å². The van der Waals surface area contributed by atoms with Crippen LogP contribution in [-0.4, -0.2) is 16.1 Å². The van der Waals surface area contributed by atoms with E-state index in [1.54, 1.807) is 6.20 Å². The number of aromatic nitrogens is 2. The van der Waals surface area contributed by atoms with Crippen molar-refractivity contribution in [2.45, 2.75) is 52.6 Å². The lowest BCUT2D eigenvalue weighted by atomic mass is 10.1. The molecule has 0 aromatic carbocycles. The minimum atomic E-state index is -4.25. The second kappa shape index (κ2) is 6.25. The molecule has 1 aliphatic carbocycles. The van der Waals surface area contributed by atoms with E-state index in [9.17, 15) is 13.2 Å². The minimum Gasteiger partial charge on any atom is -0.260 e. The number of alkyl halides is 3. The maximum atomic E-state index is 12.7. The Morgan fingerprint density at radius 1 is 1.20 bits per heavy atom. The number of nitrogens with zero attached hydrogens (tertiary/aromatic N) is 2. The van der Waals surface area contributed by atoms with Crippen LogP contribution in [-0.2, 0) is 0 Å². The molecular formula is C15H19F3N2. The van der Waals surface area contributed by atoms with Gasteiger partial charge in [0.05, 0.1) is 11.9 Å². The van der Waals surface area contributed by atoms with Crippen molar-refractivity contribution in [1.29, 1.82) is 0 Å². The van der Waals surface area contributed by atoms with Crippen molar-refractivity contribution in [3.63, 3.8) is 0 Å². The van der Waals surface area contributed by atoms with E-state index < -0.39 is 11.6 Å². The highest BCUT2D eigenvalue weighted by Crippen LogP contribution is 2.57. The molecule has 0 amide bonds. The smallest absolute Gasteiger partial charge is 0.260 e. The summed E-state index contributed by atoms with van der Waals surface area (Å²) in [5.41, 5.74) is -0.766. The summed E-state index contributed by atoms with van der Waals surface area (Å²) in [6.45, 7) is 7.89. The monoisotopic (exact) mass is 284 g/mol. The second-order valence-electron chi connectivity index (χ2n) is 4.81. The van der Waals surface area contributed by atoms with Crippen LogP contribution in [0, 0.1) is 17.3 Å². The van der Waals surface area contributed by atoms with Gasteiger partial charge in [-0.3, -0.25) is 4.98 Å². The zero-order chi connectivity index (χ0) is 15.4. The third kappa shape index (κ3) is 3.72. The Hall–Kier alpha value is -1.57. The standard InChI is InChI=1S/C13H13F3N2.C2H6/c1-9(2)11-8-17-7-10(18-11)3-4-12(5-6-12)13(14,15)16;1-2/h7-9H,5-6H2,1-2H3;1-2H3. The van der Waals surface area contributed by atoms with Gasteiger partial charge in [0, 0.05) is 6.20 Å². The molecule has 1 fully saturated rings. The number of halogens is 3. The quantitative estimate of drug-likeness (QED) is 0.718. The molecule has 2 rings (SSSR count). The van der Waals surface area contributed by atoms with Gasteiger partial charge in [-0.2, -0.15) is 13.2 Å². The fraction of sp³-hybridized carbons (Fsp3) is 0.600. The lowest BCUT2D eigenvalue weighted by Gasteiger charge is -2.11. The van der Waals surface area contributed by atoms with E-state index in [0.29, 0.717) is 5.69 Å². The van der Waals surface area contributed by atoms with Crippen LogP contribution in [0.5, 0.6) is 0 Å². The maximum Gasteiger partial charge on any atom is 0.405 e. The Bertz CT molecular complexity index is 506. The van der Waals surface area contributed by atoms with E-state index in [4.69, 9.17) is 0 Å². The normalized spacial score (nSPS) is 15.8. The summed E-state index contributed by atoms with van der Waals surface area (Å²) in [4.78, 5) is 8.12. The van der Waals surface area contributed by atoms with Crippen LogP contribution in [0.25, 0.3) is 0 Å². The van der Waals surface area contributed by atoms with E-state index in [1.807, 2.05) is 27.7 Å². The third-order valence-electron chi connectivity index (χ3n) is 2.97. The Balaban J connectivity index is 0.000000956. The molecule has 0 saturated heterocycles. The molecule has 0 aliphatic heterocycles. The largest absolute Gasteiger partial charge is 0.405 e. The maximum absolute atomic E-state index is 12.7. The summed E-state index contributed by atoms with van der Waals surface area (Å²) in [5, 5.41) is 0. The zero-order valence-electron chi connectivity index (χ0n) is 12.2. The first-order valence-corrected chi connectivity index (χ1v) is 6.76. The topological polar surface area (TPSA) is 25.8 Å². The van der Waals surface area contributed by atoms with Crippen molar-refractivity contribution in [1.82, 2.24) is 9.97 Å². The average molecular weight is 284 g/mol. The van der Waals surface area contributed by atoms with Crippen molar-refractivity contribution in [2.75, 3.05) is 0 Å². The first-order valence-electron chi connectivity index (χ1n) is 6.76. The predicted molar refractivity (Wildman–Crippen MR) is 72.1 cm³/mol. The van der Waals surface area contributed by atoms with Gasteiger partial charge in [-0.05, 0) is 24.7 Å². The molecule has 1 aromatic heterocycles. The van der Waals surface area contributed by atoms with Crippen LogP contribution < -0.4 is 0 Å². The zero-order valence-corrected chi connectivity index (χ0v) is 12.2. The van der Waals surface area contributed by atoms with E-state index in [-0.39, 0.29) is 18.8 Å². The summed E-state index contributed by atoms with van der Waals surface area (Å²) in [6, 6.07) is 0. The van der Waals surface area contributed by atoms with E-state index >= 15 is 0 Å². The van der Waals surface area contributed by atoms with Crippen molar-refractivity contribution >= 4 is 0 Å². The molecule has 0 atom stereocenters. The molecule has 1 aliphatic rings. The molecule has 0 N–H and O–H groups in total. The minimum absolute atomic E-state index is 0.0841. The second-order valence-corrected chi connectivity index (χ2v) is 4.81. The van der Waals surface area contributed by atoms with Crippen molar-refractivity contribution in [2.24, 2.45) is 5.41 Å². The molecular weight excluding hydrogens is 265 g/mol. The van der Waals surface area contributed by atoms with Gasteiger partial charge in [-0.15, -0.1) is 0 Å². The Kier molecular flexibility index (Phi) is 5.15. The van der Waals surface area contributed by atoms with Gasteiger partial charge in [-0.25, -0.2) is 4.98 Å². The summed E-state index contributed by atoms with van der Waals surface area (Å²) < 4.78 is 38.0. The van der Waals surface area contributed by atoms with Crippen molar-refractivity contribution < 1.29 is 13.2 Å². The Morgan fingerprint density at radius 2 is 1.80 bits per heavy atom. The van der Waals surface area contributed by atoms with Crippen molar-refractivity contribution in [3.05, 3.63) is 23.8 Å². The Morgan fingerprint density at radius 3 is 2.25 bits per heavy atom. The van der Waals surface area contributed by atoms with E-state index in [0.717, 1.165) is 5.69 Å². The van der Waals surface area contributed by atoms with Crippen LogP contribution in [0.3, 0.4) is 0 Å². The molecule has 0 spiro atoms. The Labute approximate surface area is 117 Å². The van der Waals surface area contributed by atoms with Gasteiger partial charge in [-0.1, -0.05) is 33.6 Å². The molecule has 110 valence electrons. The molecule has 1 aromatic rings. The van der Waals surface area contributed by atoms with E-state index in [1.165, 1.54) is 6.20 Å². The molecule has 1 heterocycles. The van der Waals surface area contributed by atoms with Crippen LogP contribution in [0.15, 0.2) is 12.4 Å². The van der Waals surface area contributed by atoms with Gasteiger partial charge in [0.25, 0.3) is 0 Å². The number of hydrogen-bond acceptors (Lipinski definition) is 2. The highest BCUT2D eigenvalue weighted by atomic mass is 19.4. The van der Waals surface area contributed by atoms with Gasteiger partial charge in [0.15, 0.2) is 0 Å². The lowest BCUT2D eigenvalue weighted by Crippen LogP contribution is -2.22. The molecule has 1 saturated carbocycles. The van der Waals surface area contributed by atoms with Gasteiger partial charge in [0.2, 0.25) is 0 Å². The highest BCUT2D eigenvalue weighted by molar-refractivity contribution is 5.33. The molecule has 0 unspecified atom stereocenters. The number of hydrogen-bond donors (Lipinski definition) is 0. The summed E-state index contributed by atoms with van der Waals surface area (Å²) in [6.07, 6.45) is -1.08. The third-order valence-corrected chi connectivity index (χ3v) is 2.97. The molecule has 20 heavy (non-hydrogen) atoms. The lowest BCUT2D eigenvalue weighted by molar-refractivity contribution is -0.168. The fourth-order valence-electron chi connectivity index (χ4n) is 1.51. The summed E-state index contributed by atoms with van der Waals surface area (Å²) in [7, 11) is 0. The first kappa shape index (κ1) is 16.5. The highest BCUT2D eigenvalue weighted by Gasteiger charge is 2.62. The SMILES string of the molecule is CC.CC(C)c1cncc(C#CC2(C(F)(F)F)CC2)n1. The van der Waals surface area contributed by atoms with Crippen molar-refractivity contribution in [3.8, 4) is 11.8 Å².